The molecule has 106 valence electrons. The van der Waals surface area contributed by atoms with Gasteiger partial charge in [-0.15, -0.1) is 0 Å². The van der Waals surface area contributed by atoms with Crippen LogP contribution in [0.15, 0.2) is 24.3 Å². The second kappa shape index (κ2) is 6.85. The van der Waals surface area contributed by atoms with Crippen molar-refractivity contribution in [2.45, 2.75) is 51.8 Å². The summed E-state index contributed by atoms with van der Waals surface area (Å²) in [7, 11) is 0. The fourth-order valence-electron chi connectivity index (χ4n) is 2.46. The van der Waals surface area contributed by atoms with E-state index < -0.39 is 6.61 Å². The van der Waals surface area contributed by atoms with E-state index in [0.717, 1.165) is 17.9 Å². The number of alkyl halides is 2. The van der Waals surface area contributed by atoms with Crippen LogP contribution in [0.4, 0.5) is 8.78 Å². The lowest BCUT2D eigenvalue weighted by Crippen LogP contribution is -2.30. The molecule has 1 atom stereocenters. The van der Waals surface area contributed by atoms with Gasteiger partial charge in [-0.2, -0.15) is 8.78 Å². The van der Waals surface area contributed by atoms with Crippen molar-refractivity contribution in [2.24, 2.45) is 5.92 Å². The van der Waals surface area contributed by atoms with Gasteiger partial charge in [0, 0.05) is 18.2 Å². The molecule has 0 amide bonds. The minimum Gasteiger partial charge on any atom is -0.434 e. The Kier molecular flexibility index (Phi) is 5.14. The van der Waals surface area contributed by atoms with Crippen LogP contribution >= 0.6 is 0 Å². The number of hydrogen-bond donors (Lipinski definition) is 1. The van der Waals surface area contributed by atoms with E-state index >= 15 is 0 Å². The summed E-state index contributed by atoms with van der Waals surface area (Å²) in [4.78, 5) is 0. The fraction of sp³-hybridized carbons (Fsp3) is 0.600. The number of nitrogens with one attached hydrogen (secondary N) is 1. The summed E-state index contributed by atoms with van der Waals surface area (Å²) in [5, 5.41) is 3.39. The van der Waals surface area contributed by atoms with Crippen LogP contribution in [0, 0.1) is 5.92 Å². The molecule has 1 aliphatic rings. The molecule has 1 aliphatic carbocycles. The van der Waals surface area contributed by atoms with Crippen LogP contribution in [0.25, 0.3) is 0 Å². The van der Waals surface area contributed by atoms with Gasteiger partial charge in [0.15, 0.2) is 0 Å². The maximum Gasteiger partial charge on any atom is 0.387 e. The third kappa shape index (κ3) is 4.46. The lowest BCUT2D eigenvalue weighted by atomic mass is 9.81. The monoisotopic (exact) mass is 269 g/mol. The van der Waals surface area contributed by atoms with Crippen molar-refractivity contribution >= 4 is 0 Å². The first kappa shape index (κ1) is 14.3. The van der Waals surface area contributed by atoms with E-state index in [9.17, 15) is 8.78 Å². The second-order valence-corrected chi connectivity index (χ2v) is 5.30. The molecule has 0 heterocycles. The van der Waals surface area contributed by atoms with Crippen molar-refractivity contribution in [1.82, 2.24) is 5.32 Å². The Hall–Kier alpha value is -1.16. The van der Waals surface area contributed by atoms with Gasteiger partial charge in [-0.05, 0) is 25.3 Å². The van der Waals surface area contributed by atoms with Crippen LogP contribution in [0.5, 0.6) is 5.75 Å². The zero-order valence-corrected chi connectivity index (χ0v) is 11.2. The Balaban J connectivity index is 1.83. The van der Waals surface area contributed by atoms with Crippen molar-refractivity contribution in [1.29, 1.82) is 0 Å². The first-order valence-electron chi connectivity index (χ1n) is 6.91. The Morgan fingerprint density at radius 3 is 2.68 bits per heavy atom. The van der Waals surface area contributed by atoms with Gasteiger partial charge >= 0.3 is 6.61 Å². The van der Waals surface area contributed by atoms with Gasteiger partial charge in [0.25, 0.3) is 0 Å². The number of para-hydroxylation sites is 1. The van der Waals surface area contributed by atoms with Gasteiger partial charge in [0.05, 0.1) is 0 Å². The summed E-state index contributed by atoms with van der Waals surface area (Å²) in [5.74, 6) is 1.11. The third-order valence-electron chi connectivity index (χ3n) is 3.74. The Morgan fingerprint density at radius 1 is 1.32 bits per heavy atom. The molecule has 0 saturated heterocycles. The lowest BCUT2D eigenvalue weighted by Gasteiger charge is -2.28. The van der Waals surface area contributed by atoms with E-state index in [0.29, 0.717) is 12.6 Å². The first-order chi connectivity index (χ1) is 9.15. The molecule has 4 heteroatoms. The molecule has 2 nitrogen and oxygen atoms in total. The van der Waals surface area contributed by atoms with Gasteiger partial charge in [0.1, 0.15) is 5.75 Å². The SMILES string of the molecule is CC(CC1CCC1)NCc1ccccc1OC(F)F. The van der Waals surface area contributed by atoms with Crippen molar-refractivity contribution in [3.63, 3.8) is 0 Å². The number of ether oxygens (including phenoxy) is 1. The van der Waals surface area contributed by atoms with Gasteiger partial charge < -0.3 is 10.1 Å². The van der Waals surface area contributed by atoms with E-state index in [1.807, 2.05) is 12.1 Å². The summed E-state index contributed by atoms with van der Waals surface area (Å²) >= 11 is 0. The Morgan fingerprint density at radius 2 is 2.05 bits per heavy atom. The average molecular weight is 269 g/mol. The molecular weight excluding hydrogens is 248 g/mol. The molecule has 1 fully saturated rings. The number of halogens is 2. The molecule has 1 N–H and O–H groups in total. The van der Waals surface area contributed by atoms with E-state index in [1.54, 1.807) is 12.1 Å². The molecule has 1 aromatic rings. The Bertz CT molecular complexity index is 393. The molecule has 0 radical (unpaired) electrons. The van der Waals surface area contributed by atoms with Gasteiger partial charge in [-0.3, -0.25) is 0 Å². The summed E-state index contributed by atoms with van der Waals surface area (Å²) < 4.78 is 29.1. The largest absolute Gasteiger partial charge is 0.434 e. The topological polar surface area (TPSA) is 21.3 Å². The molecule has 1 saturated carbocycles. The Labute approximate surface area is 113 Å². The maximum absolute atomic E-state index is 12.3. The lowest BCUT2D eigenvalue weighted by molar-refractivity contribution is -0.0505. The quantitative estimate of drug-likeness (QED) is 0.809. The zero-order chi connectivity index (χ0) is 13.7. The normalized spacial score (nSPS) is 17.3. The fourth-order valence-corrected chi connectivity index (χ4v) is 2.46. The van der Waals surface area contributed by atoms with Gasteiger partial charge in [0.2, 0.25) is 0 Å². The summed E-state index contributed by atoms with van der Waals surface area (Å²) in [6.45, 7) is -0.0559. The third-order valence-corrected chi connectivity index (χ3v) is 3.74. The predicted molar refractivity (Wildman–Crippen MR) is 71.3 cm³/mol. The van der Waals surface area contributed by atoms with Crippen LogP contribution in [0.1, 0.15) is 38.2 Å². The smallest absolute Gasteiger partial charge is 0.387 e. The van der Waals surface area contributed by atoms with E-state index in [2.05, 4.69) is 17.0 Å². The minimum atomic E-state index is -2.77. The van der Waals surface area contributed by atoms with Crippen LogP contribution in [0.3, 0.4) is 0 Å². The van der Waals surface area contributed by atoms with Crippen LogP contribution in [0.2, 0.25) is 0 Å². The average Bonchev–Trinajstić information content (AvgIpc) is 2.32. The van der Waals surface area contributed by atoms with Crippen molar-refractivity contribution in [2.75, 3.05) is 0 Å². The number of hydrogen-bond acceptors (Lipinski definition) is 2. The number of benzene rings is 1. The van der Waals surface area contributed by atoms with E-state index in [1.165, 1.54) is 19.3 Å². The van der Waals surface area contributed by atoms with Crippen molar-refractivity contribution in [3.8, 4) is 5.75 Å². The predicted octanol–water partition coefficient (Wildman–Crippen LogP) is 3.96. The summed E-state index contributed by atoms with van der Waals surface area (Å²) in [6.07, 6.45) is 5.18. The zero-order valence-electron chi connectivity index (χ0n) is 11.2. The molecule has 0 aromatic heterocycles. The van der Waals surface area contributed by atoms with Crippen LogP contribution in [-0.2, 0) is 6.54 Å². The molecule has 0 aliphatic heterocycles. The summed E-state index contributed by atoms with van der Waals surface area (Å²) in [5.41, 5.74) is 0.781. The molecule has 1 aromatic carbocycles. The minimum absolute atomic E-state index is 0.265. The van der Waals surface area contributed by atoms with E-state index in [4.69, 9.17) is 0 Å². The maximum atomic E-state index is 12.3. The summed E-state index contributed by atoms with van der Waals surface area (Å²) in [6, 6.07) is 7.36. The van der Waals surface area contributed by atoms with E-state index in [-0.39, 0.29) is 5.75 Å². The van der Waals surface area contributed by atoms with Gasteiger partial charge in [-0.25, -0.2) is 0 Å². The highest BCUT2D eigenvalue weighted by Gasteiger charge is 2.19. The molecule has 0 bridgehead atoms. The molecule has 2 rings (SSSR count). The van der Waals surface area contributed by atoms with Crippen LogP contribution < -0.4 is 10.1 Å². The molecular formula is C15H21F2NO. The molecule has 1 unspecified atom stereocenters. The van der Waals surface area contributed by atoms with Crippen molar-refractivity contribution < 1.29 is 13.5 Å². The molecule has 19 heavy (non-hydrogen) atoms. The second-order valence-electron chi connectivity index (χ2n) is 5.30. The number of rotatable bonds is 7. The highest BCUT2D eigenvalue weighted by atomic mass is 19.3. The van der Waals surface area contributed by atoms with Crippen LogP contribution in [-0.4, -0.2) is 12.7 Å². The van der Waals surface area contributed by atoms with Crippen molar-refractivity contribution in [3.05, 3.63) is 29.8 Å². The highest BCUT2D eigenvalue weighted by Crippen LogP contribution is 2.30. The first-order valence-corrected chi connectivity index (χ1v) is 6.91. The van der Waals surface area contributed by atoms with Gasteiger partial charge in [-0.1, -0.05) is 37.5 Å². The standard InChI is InChI=1S/C15H21F2NO/c1-11(9-12-5-4-6-12)18-10-13-7-2-3-8-14(13)19-15(16)17/h2-3,7-8,11-12,15,18H,4-6,9-10H2,1H3. The molecule has 0 spiro atoms. The highest BCUT2D eigenvalue weighted by molar-refractivity contribution is 5.33.